The van der Waals surface area contributed by atoms with Gasteiger partial charge < -0.3 is 15.0 Å². The average Bonchev–Trinajstić information content (AvgIpc) is 2.85. The molecule has 1 saturated heterocycles. The Labute approximate surface area is 194 Å². The van der Waals surface area contributed by atoms with Crippen molar-refractivity contribution in [2.45, 2.75) is 11.8 Å². The van der Waals surface area contributed by atoms with Gasteiger partial charge in [0.05, 0.1) is 23.3 Å². The van der Waals surface area contributed by atoms with Crippen molar-refractivity contribution in [3.05, 3.63) is 83.9 Å². The van der Waals surface area contributed by atoms with Gasteiger partial charge in [0.2, 0.25) is 10.0 Å². The van der Waals surface area contributed by atoms with Crippen LogP contribution in [0, 0.1) is 6.92 Å². The fourth-order valence-electron chi connectivity index (χ4n) is 3.77. The highest BCUT2D eigenvalue weighted by Gasteiger charge is 2.31. The van der Waals surface area contributed by atoms with Crippen LogP contribution in [0.5, 0.6) is 5.75 Å². The maximum atomic E-state index is 13.3. The van der Waals surface area contributed by atoms with Gasteiger partial charge in [-0.15, -0.1) is 0 Å². The second-order valence-corrected chi connectivity index (χ2v) is 9.85. The van der Waals surface area contributed by atoms with Crippen molar-refractivity contribution in [3.63, 3.8) is 0 Å². The molecule has 1 heterocycles. The Balaban J connectivity index is 1.45. The summed E-state index contributed by atoms with van der Waals surface area (Å²) in [5.41, 5.74) is 3.09. The molecule has 0 saturated carbocycles. The van der Waals surface area contributed by atoms with Gasteiger partial charge >= 0.3 is 0 Å². The molecule has 1 fully saturated rings. The van der Waals surface area contributed by atoms with Crippen LogP contribution in [0.4, 0.5) is 11.4 Å². The maximum Gasteiger partial charge on any atom is 0.256 e. The van der Waals surface area contributed by atoms with Gasteiger partial charge in [0.25, 0.3) is 5.91 Å². The molecule has 8 heteroatoms. The summed E-state index contributed by atoms with van der Waals surface area (Å²) in [5, 5.41) is 3.29. The predicted molar refractivity (Wildman–Crippen MR) is 129 cm³/mol. The van der Waals surface area contributed by atoms with Crippen LogP contribution in [-0.4, -0.2) is 56.8 Å². The molecule has 3 aromatic rings. The molecule has 1 amide bonds. The molecule has 1 aliphatic rings. The van der Waals surface area contributed by atoms with E-state index in [9.17, 15) is 13.2 Å². The summed E-state index contributed by atoms with van der Waals surface area (Å²) in [6.07, 6.45) is 0. The molecule has 0 radical (unpaired) electrons. The van der Waals surface area contributed by atoms with Gasteiger partial charge in [0.15, 0.2) is 0 Å². The van der Waals surface area contributed by atoms with E-state index in [1.807, 2.05) is 49.4 Å². The zero-order chi connectivity index (χ0) is 23.4. The number of rotatable bonds is 6. The van der Waals surface area contributed by atoms with Gasteiger partial charge in [-0.2, -0.15) is 4.31 Å². The Bertz CT molecular complexity index is 1220. The van der Waals surface area contributed by atoms with E-state index >= 15 is 0 Å². The number of aryl methyl sites for hydroxylation is 1. The number of nitrogens with zero attached hydrogens (tertiary/aromatic N) is 2. The van der Waals surface area contributed by atoms with E-state index in [2.05, 4.69) is 5.32 Å². The second-order valence-electron chi connectivity index (χ2n) is 7.91. The molecule has 33 heavy (non-hydrogen) atoms. The molecular weight excluding hydrogens is 438 g/mol. The first-order chi connectivity index (χ1) is 15.9. The number of carbonyl (C=O) groups excluding carboxylic acids is 1. The zero-order valence-corrected chi connectivity index (χ0v) is 19.5. The number of anilines is 2. The lowest BCUT2D eigenvalue weighted by Gasteiger charge is -2.34. The number of para-hydroxylation sites is 1. The van der Waals surface area contributed by atoms with E-state index < -0.39 is 10.0 Å². The monoisotopic (exact) mass is 465 g/mol. The third-order valence-electron chi connectivity index (χ3n) is 5.71. The number of sulfonamides is 1. The minimum absolute atomic E-state index is 0.126. The van der Waals surface area contributed by atoms with Gasteiger partial charge in [0.1, 0.15) is 5.75 Å². The molecule has 0 aromatic heterocycles. The number of benzene rings is 3. The number of carbonyl (C=O) groups is 1. The van der Waals surface area contributed by atoms with Crippen LogP contribution in [0.1, 0.15) is 15.9 Å². The number of hydrogen-bond acceptors (Lipinski definition) is 5. The van der Waals surface area contributed by atoms with E-state index in [1.54, 1.807) is 42.3 Å². The largest absolute Gasteiger partial charge is 0.497 e. The highest BCUT2D eigenvalue weighted by atomic mass is 32.2. The first kappa shape index (κ1) is 22.8. The van der Waals surface area contributed by atoms with Gasteiger partial charge in [-0.25, -0.2) is 8.42 Å². The van der Waals surface area contributed by atoms with Gasteiger partial charge in [0, 0.05) is 31.9 Å². The number of methoxy groups -OCH3 is 1. The lowest BCUT2D eigenvalue weighted by atomic mass is 10.1. The molecular formula is C25H27N3O4S. The SMILES string of the molecule is COc1ccc(Nc2ccccc2C(=O)N2CCN(S(=O)(=O)c3ccc(C)cc3)CC2)cc1. The van der Waals surface area contributed by atoms with Crippen LogP contribution in [0.2, 0.25) is 0 Å². The molecule has 0 atom stereocenters. The minimum Gasteiger partial charge on any atom is -0.497 e. The van der Waals surface area contributed by atoms with Gasteiger partial charge in [-0.3, -0.25) is 4.79 Å². The Hall–Kier alpha value is -3.36. The predicted octanol–water partition coefficient (Wildman–Crippen LogP) is 3.89. The maximum absolute atomic E-state index is 13.3. The fourth-order valence-corrected chi connectivity index (χ4v) is 5.19. The molecule has 0 spiro atoms. The summed E-state index contributed by atoms with van der Waals surface area (Å²) >= 11 is 0. The highest BCUT2D eigenvalue weighted by Crippen LogP contribution is 2.25. The second kappa shape index (κ2) is 9.64. The Morgan fingerprint density at radius 2 is 1.52 bits per heavy atom. The molecule has 172 valence electrons. The van der Waals surface area contributed by atoms with E-state index in [4.69, 9.17) is 4.74 Å². The third kappa shape index (κ3) is 5.02. The standard InChI is InChI=1S/C25H27N3O4S/c1-19-7-13-22(14-8-19)33(30,31)28-17-15-27(16-18-28)25(29)23-5-3-4-6-24(23)26-20-9-11-21(32-2)12-10-20/h3-14,26H,15-18H2,1-2H3. The molecule has 0 aliphatic carbocycles. The molecule has 3 aromatic carbocycles. The van der Waals surface area contributed by atoms with Crippen molar-refractivity contribution in [3.8, 4) is 5.75 Å². The first-order valence-electron chi connectivity index (χ1n) is 10.7. The van der Waals surface area contributed by atoms with Crippen molar-refractivity contribution in [1.82, 2.24) is 9.21 Å². The first-order valence-corrected chi connectivity index (χ1v) is 12.2. The number of piperazine rings is 1. The summed E-state index contributed by atoms with van der Waals surface area (Å²) < 4.78 is 32.5. The van der Waals surface area contributed by atoms with E-state index in [0.717, 1.165) is 17.0 Å². The molecule has 1 aliphatic heterocycles. The van der Waals surface area contributed by atoms with Crippen molar-refractivity contribution >= 4 is 27.3 Å². The summed E-state index contributed by atoms with van der Waals surface area (Å²) in [5.74, 6) is 0.627. The summed E-state index contributed by atoms with van der Waals surface area (Å²) in [4.78, 5) is 15.3. The van der Waals surface area contributed by atoms with E-state index in [1.165, 1.54) is 4.31 Å². The summed E-state index contributed by atoms with van der Waals surface area (Å²) in [7, 11) is -1.96. The van der Waals surface area contributed by atoms with Crippen LogP contribution < -0.4 is 10.1 Å². The van der Waals surface area contributed by atoms with E-state index in [-0.39, 0.29) is 23.9 Å². The normalized spacial score (nSPS) is 14.7. The van der Waals surface area contributed by atoms with Crippen molar-refractivity contribution in [2.24, 2.45) is 0 Å². The lowest BCUT2D eigenvalue weighted by Crippen LogP contribution is -2.50. The smallest absolute Gasteiger partial charge is 0.256 e. The quantitative estimate of drug-likeness (QED) is 0.598. The lowest BCUT2D eigenvalue weighted by molar-refractivity contribution is 0.0699. The Morgan fingerprint density at radius 1 is 0.879 bits per heavy atom. The van der Waals surface area contributed by atoms with Crippen molar-refractivity contribution in [1.29, 1.82) is 0 Å². The van der Waals surface area contributed by atoms with Crippen LogP contribution in [0.25, 0.3) is 0 Å². The molecule has 0 bridgehead atoms. The van der Waals surface area contributed by atoms with Crippen LogP contribution >= 0.6 is 0 Å². The molecule has 4 rings (SSSR count). The van der Waals surface area contributed by atoms with Gasteiger partial charge in [-0.05, 0) is 55.5 Å². The number of hydrogen-bond donors (Lipinski definition) is 1. The number of amides is 1. The zero-order valence-electron chi connectivity index (χ0n) is 18.7. The van der Waals surface area contributed by atoms with Gasteiger partial charge in [-0.1, -0.05) is 29.8 Å². The number of ether oxygens (including phenoxy) is 1. The Morgan fingerprint density at radius 3 is 2.15 bits per heavy atom. The number of nitrogens with one attached hydrogen (secondary N) is 1. The third-order valence-corrected chi connectivity index (χ3v) is 7.62. The fraction of sp³-hybridized carbons (Fsp3) is 0.240. The van der Waals surface area contributed by atoms with Crippen LogP contribution in [0.3, 0.4) is 0 Å². The minimum atomic E-state index is -3.57. The molecule has 0 unspecified atom stereocenters. The van der Waals surface area contributed by atoms with Crippen LogP contribution in [0.15, 0.2) is 77.7 Å². The highest BCUT2D eigenvalue weighted by molar-refractivity contribution is 7.89. The molecule has 1 N–H and O–H groups in total. The Kier molecular flexibility index (Phi) is 6.67. The molecule has 7 nitrogen and oxygen atoms in total. The summed E-state index contributed by atoms with van der Waals surface area (Å²) in [6, 6.07) is 21.6. The van der Waals surface area contributed by atoms with Crippen LogP contribution in [-0.2, 0) is 10.0 Å². The average molecular weight is 466 g/mol. The van der Waals surface area contributed by atoms with Crippen molar-refractivity contribution < 1.29 is 17.9 Å². The van der Waals surface area contributed by atoms with E-state index in [0.29, 0.717) is 24.3 Å². The summed E-state index contributed by atoms with van der Waals surface area (Å²) in [6.45, 7) is 3.11. The topological polar surface area (TPSA) is 79.0 Å². The van der Waals surface area contributed by atoms with Crippen molar-refractivity contribution in [2.75, 3.05) is 38.6 Å².